The highest BCUT2D eigenvalue weighted by Crippen LogP contribution is 2.45. The molecule has 1 aromatic heterocycles. The average Bonchev–Trinajstić information content (AvgIpc) is 3.05. The first-order valence-corrected chi connectivity index (χ1v) is 12.3. The molecule has 1 unspecified atom stereocenters. The average molecular weight is 528 g/mol. The smallest absolute Gasteiger partial charge is 0.328 e. The second-order valence-electron chi connectivity index (χ2n) is 8.84. The number of halogens is 2. The van der Waals surface area contributed by atoms with Crippen LogP contribution in [0.15, 0.2) is 58.4 Å². The number of aromatic hydroxyl groups is 1. The first kappa shape index (κ1) is 23.5. The molecule has 12 heteroatoms. The Morgan fingerprint density at radius 3 is 2.62 bits per heavy atom. The van der Waals surface area contributed by atoms with E-state index in [1.165, 1.54) is 28.7 Å². The van der Waals surface area contributed by atoms with Crippen LogP contribution in [0.1, 0.15) is 33.2 Å². The first-order valence-electron chi connectivity index (χ1n) is 11.3. The van der Waals surface area contributed by atoms with Crippen LogP contribution in [0.5, 0.6) is 5.75 Å². The number of carbonyl (C=O) groups excluding carboxylic acids is 1. The number of aliphatic carboxylic acids is 1. The van der Waals surface area contributed by atoms with Gasteiger partial charge in [-0.2, -0.15) is 0 Å². The van der Waals surface area contributed by atoms with Gasteiger partial charge in [-0.3, -0.25) is 24.2 Å². The number of rotatable bonds is 2. The van der Waals surface area contributed by atoms with Gasteiger partial charge in [-0.05, 0) is 23.3 Å². The van der Waals surface area contributed by atoms with E-state index in [9.17, 15) is 29.0 Å². The topological polar surface area (TPSA) is 112 Å². The van der Waals surface area contributed by atoms with E-state index in [0.717, 1.165) is 21.9 Å². The number of carbonyl (C=O) groups is 2. The molecule has 3 atom stereocenters. The van der Waals surface area contributed by atoms with Gasteiger partial charge in [0.25, 0.3) is 5.91 Å². The number of aromatic nitrogens is 1. The van der Waals surface area contributed by atoms with Crippen molar-refractivity contribution in [3.63, 3.8) is 0 Å². The monoisotopic (exact) mass is 527 g/mol. The number of amides is 1. The van der Waals surface area contributed by atoms with Gasteiger partial charge in [0, 0.05) is 28.5 Å². The van der Waals surface area contributed by atoms with Crippen molar-refractivity contribution in [3.8, 4) is 5.75 Å². The van der Waals surface area contributed by atoms with Crippen molar-refractivity contribution < 1.29 is 33.3 Å². The first-order chi connectivity index (χ1) is 17.8. The fraction of sp³-hybridized carbons (Fsp3) is 0.240. The number of nitrogens with zero attached hydrogens (tertiary/aromatic N) is 3. The lowest BCUT2D eigenvalue weighted by molar-refractivity contribution is -0.151. The van der Waals surface area contributed by atoms with Gasteiger partial charge in [-0.1, -0.05) is 24.3 Å². The molecule has 3 aliphatic rings. The van der Waals surface area contributed by atoms with Gasteiger partial charge >= 0.3 is 5.97 Å². The van der Waals surface area contributed by atoms with Crippen LogP contribution >= 0.6 is 11.8 Å². The van der Waals surface area contributed by atoms with E-state index in [4.69, 9.17) is 4.74 Å². The summed E-state index contributed by atoms with van der Waals surface area (Å²) in [4.78, 5) is 39.9. The summed E-state index contributed by atoms with van der Waals surface area (Å²) in [6.45, 7) is -0.399. The van der Waals surface area contributed by atoms with E-state index >= 15 is 4.39 Å². The molecule has 1 amide bonds. The maximum Gasteiger partial charge on any atom is 0.328 e. The highest BCUT2D eigenvalue weighted by molar-refractivity contribution is 7.98. The molecule has 0 saturated carbocycles. The van der Waals surface area contributed by atoms with Crippen molar-refractivity contribution in [3.05, 3.63) is 92.9 Å². The minimum absolute atomic E-state index is 0.104. The van der Waals surface area contributed by atoms with Crippen molar-refractivity contribution in [2.45, 2.75) is 28.9 Å². The van der Waals surface area contributed by atoms with E-state index in [0.29, 0.717) is 11.1 Å². The molecule has 2 N–H and O–H groups in total. The Hall–Kier alpha value is -3.90. The summed E-state index contributed by atoms with van der Waals surface area (Å²) in [7, 11) is 0. The number of carboxylic acid groups (broad SMARTS) is 1. The quantitative estimate of drug-likeness (QED) is 0.523. The molecule has 3 aromatic rings. The summed E-state index contributed by atoms with van der Waals surface area (Å²) in [6.07, 6.45) is 0.288. The summed E-state index contributed by atoms with van der Waals surface area (Å²) in [6, 6.07) is 8.53. The van der Waals surface area contributed by atoms with Crippen LogP contribution in [0.3, 0.4) is 0 Å². The molecule has 190 valence electrons. The fourth-order valence-corrected chi connectivity index (χ4v) is 6.36. The van der Waals surface area contributed by atoms with Gasteiger partial charge < -0.3 is 14.9 Å². The van der Waals surface area contributed by atoms with Crippen LogP contribution in [0.4, 0.5) is 8.78 Å². The molecule has 1 fully saturated rings. The zero-order valence-corrected chi connectivity index (χ0v) is 19.8. The van der Waals surface area contributed by atoms with E-state index < -0.39 is 58.6 Å². The van der Waals surface area contributed by atoms with Gasteiger partial charge in [0.1, 0.15) is 6.17 Å². The molecule has 0 spiro atoms. The van der Waals surface area contributed by atoms with Gasteiger partial charge in [-0.25, -0.2) is 13.6 Å². The number of hydrogen-bond donors (Lipinski definition) is 2. The van der Waals surface area contributed by atoms with Crippen LogP contribution in [0, 0.1) is 11.6 Å². The highest BCUT2D eigenvalue weighted by Gasteiger charge is 2.50. The third-order valence-corrected chi connectivity index (χ3v) is 8.02. The van der Waals surface area contributed by atoms with Gasteiger partial charge in [0.2, 0.25) is 5.43 Å². The number of hydrogen-bond acceptors (Lipinski definition) is 7. The Morgan fingerprint density at radius 2 is 1.84 bits per heavy atom. The van der Waals surface area contributed by atoms with E-state index in [1.807, 2.05) is 18.2 Å². The normalized spacial score (nSPS) is 22.4. The number of benzene rings is 2. The van der Waals surface area contributed by atoms with Crippen LogP contribution < -0.4 is 10.4 Å². The molecule has 2 aromatic carbocycles. The lowest BCUT2D eigenvalue weighted by Crippen LogP contribution is -2.70. The van der Waals surface area contributed by atoms with Crippen molar-refractivity contribution in [1.82, 2.24) is 9.58 Å². The van der Waals surface area contributed by atoms with Gasteiger partial charge in [0.15, 0.2) is 29.1 Å². The minimum atomic E-state index is -1.41. The molecule has 9 nitrogen and oxygen atoms in total. The summed E-state index contributed by atoms with van der Waals surface area (Å²) >= 11 is 1.32. The zero-order chi connectivity index (χ0) is 26.0. The van der Waals surface area contributed by atoms with E-state index in [1.54, 1.807) is 11.1 Å². The van der Waals surface area contributed by atoms with Crippen molar-refractivity contribution in [2.75, 3.05) is 18.2 Å². The summed E-state index contributed by atoms with van der Waals surface area (Å²) in [5, 5.41) is 22.1. The molecular formula is C25H19F2N3O6S. The standard InChI is InChI=1S/C25H19F2N3O6S/c26-15-6-5-12-14(20(15)27)11-37-18-4-2-1-3-13(18)21(12)30-19-10-36-9-16(25(34)35)29(19)24(33)22-23(32)17(31)7-8-28(22)30/h1-8,16,19,21,32H,9-11H2,(H,34,35)/t16?,19-,21+/m1/s1. The van der Waals surface area contributed by atoms with Crippen molar-refractivity contribution in [2.24, 2.45) is 0 Å². The molecule has 1 saturated heterocycles. The molecule has 0 radical (unpaired) electrons. The highest BCUT2D eigenvalue weighted by atomic mass is 32.2. The number of thioether (sulfide) groups is 1. The Kier molecular flexibility index (Phi) is 5.46. The Morgan fingerprint density at radius 1 is 1.05 bits per heavy atom. The van der Waals surface area contributed by atoms with Crippen LogP contribution in [0.25, 0.3) is 0 Å². The number of morpholine rings is 1. The molecular weight excluding hydrogens is 508 g/mol. The van der Waals surface area contributed by atoms with Crippen LogP contribution in [-0.4, -0.2) is 57.1 Å². The summed E-state index contributed by atoms with van der Waals surface area (Å²) in [5.74, 6) is -4.89. The van der Waals surface area contributed by atoms with Crippen molar-refractivity contribution >= 4 is 23.6 Å². The lowest BCUT2D eigenvalue weighted by Gasteiger charge is -2.53. The van der Waals surface area contributed by atoms with Crippen LogP contribution in [-0.2, 0) is 15.3 Å². The molecule has 0 aliphatic carbocycles. The Balaban J connectivity index is 1.68. The van der Waals surface area contributed by atoms with Gasteiger partial charge in [0.05, 0.1) is 19.3 Å². The van der Waals surface area contributed by atoms with E-state index in [-0.39, 0.29) is 24.5 Å². The number of ether oxygens (including phenoxy) is 1. The third kappa shape index (κ3) is 3.43. The lowest BCUT2D eigenvalue weighted by atomic mass is 9.93. The Labute approximate surface area is 212 Å². The van der Waals surface area contributed by atoms with Crippen LogP contribution in [0.2, 0.25) is 0 Å². The maximum absolute atomic E-state index is 15.1. The summed E-state index contributed by atoms with van der Waals surface area (Å²) < 4.78 is 36.4. The number of fused-ring (bicyclic) bond motifs is 4. The molecule has 3 aliphatic heterocycles. The van der Waals surface area contributed by atoms with E-state index in [2.05, 4.69) is 0 Å². The maximum atomic E-state index is 15.1. The molecule has 37 heavy (non-hydrogen) atoms. The Bertz CT molecular complexity index is 1530. The molecule has 4 heterocycles. The fourth-order valence-electron chi connectivity index (χ4n) is 5.25. The predicted molar refractivity (Wildman–Crippen MR) is 127 cm³/mol. The second kappa shape index (κ2) is 8.60. The van der Waals surface area contributed by atoms with Crippen molar-refractivity contribution in [1.29, 1.82) is 0 Å². The van der Waals surface area contributed by atoms with Gasteiger partial charge in [-0.15, -0.1) is 11.8 Å². The molecule has 6 rings (SSSR count). The summed E-state index contributed by atoms with van der Waals surface area (Å²) in [5.41, 5.74) is -0.0350. The minimum Gasteiger partial charge on any atom is -0.502 e. The SMILES string of the molecule is O=C(O)C1COC[C@@H]2N1C(=O)c1c(O)c(=O)ccn1N2[C@@H]1c2ccccc2SCc2c1ccc(F)c2F. The number of pyridine rings is 1. The second-order valence-corrected chi connectivity index (χ2v) is 9.86. The largest absolute Gasteiger partial charge is 0.502 e. The zero-order valence-electron chi connectivity index (χ0n) is 19.0. The third-order valence-electron chi connectivity index (χ3n) is 6.91. The molecule has 0 bridgehead atoms. The number of carboxylic acids is 1. The predicted octanol–water partition coefficient (Wildman–Crippen LogP) is 2.43.